The Morgan fingerprint density at radius 3 is 1.96 bits per heavy atom. The molecule has 252 valence electrons. The zero-order chi connectivity index (χ0) is 33.9. The van der Waals surface area contributed by atoms with E-state index in [1.165, 1.54) is 102 Å². The van der Waals surface area contributed by atoms with Crippen molar-refractivity contribution in [3.05, 3.63) is 204 Å². The summed E-state index contributed by atoms with van der Waals surface area (Å²) in [4.78, 5) is 0. The van der Waals surface area contributed by atoms with E-state index in [4.69, 9.17) is 0 Å². The van der Waals surface area contributed by atoms with Gasteiger partial charge in [0, 0.05) is 23.7 Å². The van der Waals surface area contributed by atoms with Crippen LogP contribution in [0.5, 0.6) is 0 Å². The maximum Gasteiger partial charge on any atom is 0.0205 e. The SMILES string of the molecule is C1=CC2=C(C=C(C3=C4C=CC5=CC=C(C6=CC=C7C=Cc8c(C9=CC%10=C(C=CCC%10)CC9)ccc9c8C7C6C=C9)C6C=CC(=C4C56)CC3)CC2)CC1. The van der Waals surface area contributed by atoms with Crippen molar-refractivity contribution in [2.45, 2.75) is 70.1 Å². The Balaban J connectivity index is 0.914. The number of hydrogen-bond donors (Lipinski definition) is 0. The van der Waals surface area contributed by atoms with Gasteiger partial charge in [0.25, 0.3) is 0 Å². The summed E-state index contributed by atoms with van der Waals surface area (Å²) in [6.45, 7) is 0. The Labute approximate surface area is 308 Å². The molecular weight excluding hydrogens is 625 g/mol. The van der Waals surface area contributed by atoms with E-state index in [0.29, 0.717) is 23.7 Å². The van der Waals surface area contributed by atoms with E-state index in [2.05, 4.69) is 122 Å². The van der Waals surface area contributed by atoms with Crippen LogP contribution >= 0.6 is 0 Å². The van der Waals surface area contributed by atoms with Gasteiger partial charge in [0.15, 0.2) is 0 Å². The van der Waals surface area contributed by atoms with Crippen molar-refractivity contribution in [3.63, 3.8) is 0 Å². The third kappa shape index (κ3) is 4.27. The van der Waals surface area contributed by atoms with Crippen molar-refractivity contribution >= 4 is 17.7 Å². The quantitative estimate of drug-likeness (QED) is 0.301. The minimum absolute atomic E-state index is 0.352. The maximum atomic E-state index is 2.59. The van der Waals surface area contributed by atoms with Gasteiger partial charge < -0.3 is 0 Å². The van der Waals surface area contributed by atoms with Crippen molar-refractivity contribution in [2.24, 2.45) is 17.8 Å². The monoisotopic (exact) mass is 668 g/mol. The lowest BCUT2D eigenvalue weighted by Gasteiger charge is -2.45. The van der Waals surface area contributed by atoms with Gasteiger partial charge in [-0.05, 0) is 164 Å². The normalized spacial score (nSPS) is 29.8. The summed E-state index contributed by atoms with van der Waals surface area (Å²) in [6.07, 6.45) is 56.2. The molecule has 0 spiro atoms. The van der Waals surface area contributed by atoms with Crippen LogP contribution in [0.4, 0.5) is 0 Å². The molecule has 11 aliphatic rings. The van der Waals surface area contributed by atoms with Crippen LogP contribution < -0.4 is 0 Å². The smallest absolute Gasteiger partial charge is 0.0205 e. The molecule has 0 radical (unpaired) electrons. The van der Waals surface area contributed by atoms with Crippen LogP contribution in [0.2, 0.25) is 0 Å². The summed E-state index contributed by atoms with van der Waals surface area (Å²) in [7, 11) is 0. The zero-order valence-corrected chi connectivity index (χ0v) is 29.9. The molecule has 11 aliphatic carbocycles. The molecule has 1 aromatic carbocycles. The highest BCUT2D eigenvalue weighted by Crippen LogP contribution is 2.58. The molecule has 12 rings (SSSR count). The molecule has 0 nitrogen and oxygen atoms in total. The van der Waals surface area contributed by atoms with Crippen molar-refractivity contribution in [2.75, 3.05) is 0 Å². The predicted molar refractivity (Wildman–Crippen MR) is 217 cm³/mol. The van der Waals surface area contributed by atoms with Crippen molar-refractivity contribution < 1.29 is 0 Å². The number of rotatable bonds is 3. The highest BCUT2D eigenvalue weighted by atomic mass is 14.5. The minimum Gasteiger partial charge on any atom is -0.0839 e. The Hall–Kier alpha value is -4.94. The van der Waals surface area contributed by atoms with Gasteiger partial charge in [-0.25, -0.2) is 0 Å². The van der Waals surface area contributed by atoms with E-state index >= 15 is 0 Å². The van der Waals surface area contributed by atoms with Crippen molar-refractivity contribution in [3.8, 4) is 0 Å². The standard InChI is InChI=1S/C52H44/c1-3-7-37-29-39(11-9-31(37)5-1)41-21-13-33-19-27-47-43(23-15-35-17-25-45(41)49(33)51(35)47)44-24-16-36-18-26-46-42(22-14-34-20-28-48(44)52(36)50(34)46)40-12-10-32-6-2-4-8-38(32)30-40/h1-2,5-6,13,15-21,23-30,47-48,51-52H,3-4,7-12,14,22H2. The fourth-order valence-corrected chi connectivity index (χ4v) is 11.7. The predicted octanol–water partition coefficient (Wildman–Crippen LogP) is 13.1. The second kappa shape index (κ2) is 11.3. The Morgan fingerprint density at radius 1 is 0.481 bits per heavy atom. The fourth-order valence-electron chi connectivity index (χ4n) is 11.7. The van der Waals surface area contributed by atoms with E-state index in [9.17, 15) is 0 Å². The Morgan fingerprint density at radius 2 is 1.15 bits per heavy atom. The summed E-state index contributed by atoms with van der Waals surface area (Å²) in [6, 6.07) is 4.84. The zero-order valence-electron chi connectivity index (χ0n) is 29.9. The van der Waals surface area contributed by atoms with E-state index in [0.717, 1.165) is 6.42 Å². The molecule has 4 atom stereocenters. The van der Waals surface area contributed by atoms with E-state index < -0.39 is 0 Å². The van der Waals surface area contributed by atoms with Gasteiger partial charge in [0.05, 0.1) is 0 Å². The first-order valence-electron chi connectivity index (χ1n) is 20.2. The van der Waals surface area contributed by atoms with E-state index in [-0.39, 0.29) is 0 Å². The minimum atomic E-state index is 0.352. The Bertz CT molecular complexity index is 2440. The molecule has 4 unspecified atom stereocenters. The second-order valence-electron chi connectivity index (χ2n) is 16.7. The molecule has 0 heteroatoms. The highest BCUT2D eigenvalue weighted by Gasteiger charge is 2.44. The van der Waals surface area contributed by atoms with Gasteiger partial charge in [0.2, 0.25) is 0 Å². The lowest BCUT2D eigenvalue weighted by atomic mass is 9.58. The molecule has 52 heavy (non-hydrogen) atoms. The van der Waals surface area contributed by atoms with Gasteiger partial charge in [-0.15, -0.1) is 0 Å². The third-order valence-electron chi connectivity index (χ3n) is 14.2. The van der Waals surface area contributed by atoms with Crippen LogP contribution in [0.3, 0.4) is 0 Å². The molecule has 0 N–H and O–H groups in total. The molecule has 1 aromatic rings. The topological polar surface area (TPSA) is 0 Å². The van der Waals surface area contributed by atoms with Crippen LogP contribution in [0.15, 0.2) is 182 Å². The molecule has 0 heterocycles. The summed E-state index contributed by atoms with van der Waals surface area (Å²) in [5, 5.41) is 0. The average molecular weight is 669 g/mol. The molecule has 0 aromatic heterocycles. The second-order valence-corrected chi connectivity index (χ2v) is 16.7. The average Bonchev–Trinajstić information content (AvgIpc) is 3.21. The summed E-state index contributed by atoms with van der Waals surface area (Å²) in [5.74, 6) is 1.51. The number of hydrogen-bond acceptors (Lipinski definition) is 0. The number of benzene rings is 1. The Kier molecular flexibility index (Phi) is 6.42. The summed E-state index contributed by atoms with van der Waals surface area (Å²) < 4.78 is 0. The van der Waals surface area contributed by atoms with Gasteiger partial charge in [0.1, 0.15) is 0 Å². The van der Waals surface area contributed by atoms with Crippen LogP contribution in [-0.2, 0) is 0 Å². The third-order valence-corrected chi connectivity index (χ3v) is 14.2. The van der Waals surface area contributed by atoms with Crippen molar-refractivity contribution in [1.29, 1.82) is 0 Å². The molecule has 0 amide bonds. The van der Waals surface area contributed by atoms with Gasteiger partial charge in [-0.2, -0.15) is 0 Å². The van der Waals surface area contributed by atoms with Crippen LogP contribution in [0.25, 0.3) is 17.7 Å². The van der Waals surface area contributed by atoms with Crippen LogP contribution in [0, 0.1) is 17.8 Å². The summed E-state index contributed by atoms with van der Waals surface area (Å²) >= 11 is 0. The van der Waals surface area contributed by atoms with E-state index in [1.807, 2.05) is 0 Å². The van der Waals surface area contributed by atoms with Gasteiger partial charge in [-0.1, -0.05) is 122 Å². The lowest BCUT2D eigenvalue weighted by molar-refractivity contribution is 0.539. The molecule has 0 saturated heterocycles. The molecule has 0 saturated carbocycles. The maximum absolute atomic E-state index is 2.59. The van der Waals surface area contributed by atoms with Crippen LogP contribution in [-0.4, -0.2) is 0 Å². The first kappa shape index (κ1) is 29.6. The van der Waals surface area contributed by atoms with E-state index in [1.54, 1.807) is 55.7 Å². The lowest BCUT2D eigenvalue weighted by Crippen LogP contribution is -2.32. The molecule has 0 fully saturated rings. The molecule has 0 aliphatic heterocycles. The summed E-state index contributed by atoms with van der Waals surface area (Å²) in [5.41, 5.74) is 27.7. The largest absolute Gasteiger partial charge is 0.0839 e. The van der Waals surface area contributed by atoms with Gasteiger partial charge in [-0.3, -0.25) is 0 Å². The van der Waals surface area contributed by atoms with Gasteiger partial charge >= 0.3 is 0 Å². The van der Waals surface area contributed by atoms with Crippen molar-refractivity contribution in [1.82, 2.24) is 0 Å². The fraction of sp³-hybridized carbons (Fsp3) is 0.269. The molecule has 0 bridgehead atoms. The first-order chi connectivity index (χ1) is 25.8. The molecular formula is C52H44. The van der Waals surface area contributed by atoms with Crippen LogP contribution in [0.1, 0.15) is 92.4 Å². The number of allylic oxidation sites excluding steroid dienone is 30. The first-order valence-corrected chi connectivity index (χ1v) is 20.2. The highest BCUT2D eigenvalue weighted by molar-refractivity contribution is 5.85.